The smallest absolute Gasteiger partial charge is 0.191 e. The van der Waals surface area contributed by atoms with Crippen LogP contribution in [-0.4, -0.2) is 38.8 Å². The van der Waals surface area contributed by atoms with Gasteiger partial charge >= 0.3 is 0 Å². The zero-order valence-corrected chi connectivity index (χ0v) is 21.5. The summed E-state index contributed by atoms with van der Waals surface area (Å²) in [6, 6.07) is 19.8. The number of pyridine rings is 1. The number of benzene rings is 2. The van der Waals surface area contributed by atoms with E-state index in [1.54, 1.807) is 27.5 Å². The molecule has 0 amide bonds. The standard InChI is InChI=1S/C25H30N4O3.HI/c1-26-25(28-14-12-19-10-11-23(30-2)24(16-19)31-3)29-17-20-7-6-9-22(15-20)32-18-21-8-4-5-13-27-21;/h4-11,13,15-16H,12,14,17-18H2,1-3H3,(H2,26,28,29);1H. The average molecular weight is 562 g/mol. The van der Waals surface area contributed by atoms with Crippen LogP contribution in [0.3, 0.4) is 0 Å². The molecule has 3 aromatic rings. The quantitative estimate of drug-likeness (QED) is 0.219. The lowest BCUT2D eigenvalue weighted by molar-refractivity contribution is 0.301. The normalized spacial score (nSPS) is 10.7. The molecular formula is C25H31IN4O3. The van der Waals surface area contributed by atoms with Gasteiger partial charge < -0.3 is 24.8 Å². The molecule has 0 bridgehead atoms. The highest BCUT2D eigenvalue weighted by molar-refractivity contribution is 14.0. The third kappa shape index (κ3) is 8.45. The molecule has 0 radical (unpaired) electrons. The van der Waals surface area contributed by atoms with Gasteiger partial charge in [0.2, 0.25) is 0 Å². The predicted molar refractivity (Wildman–Crippen MR) is 142 cm³/mol. The van der Waals surface area contributed by atoms with Crippen LogP contribution in [0, 0.1) is 0 Å². The van der Waals surface area contributed by atoms with Gasteiger partial charge in [0.05, 0.1) is 19.9 Å². The molecule has 8 heteroatoms. The van der Waals surface area contributed by atoms with Gasteiger partial charge in [-0.1, -0.05) is 24.3 Å². The summed E-state index contributed by atoms with van der Waals surface area (Å²) in [5.74, 6) is 3.02. The van der Waals surface area contributed by atoms with Gasteiger partial charge in [0, 0.05) is 26.3 Å². The fourth-order valence-electron chi connectivity index (χ4n) is 3.15. The van der Waals surface area contributed by atoms with Crippen LogP contribution in [0.1, 0.15) is 16.8 Å². The minimum absolute atomic E-state index is 0. The first-order valence-corrected chi connectivity index (χ1v) is 10.5. The number of hydrogen-bond acceptors (Lipinski definition) is 5. The lowest BCUT2D eigenvalue weighted by atomic mass is 10.1. The second-order valence-corrected chi connectivity index (χ2v) is 7.05. The Labute approximate surface area is 212 Å². The first-order chi connectivity index (χ1) is 15.7. The molecule has 3 rings (SSSR count). The maximum atomic E-state index is 5.86. The van der Waals surface area contributed by atoms with Crippen molar-refractivity contribution in [3.8, 4) is 17.2 Å². The lowest BCUT2D eigenvalue weighted by Crippen LogP contribution is -2.37. The van der Waals surface area contributed by atoms with Gasteiger partial charge in [-0.25, -0.2) is 0 Å². The van der Waals surface area contributed by atoms with Crippen LogP contribution in [0.2, 0.25) is 0 Å². The van der Waals surface area contributed by atoms with Crippen molar-refractivity contribution in [3.05, 3.63) is 83.7 Å². The van der Waals surface area contributed by atoms with Gasteiger partial charge in [-0.05, 0) is 53.9 Å². The van der Waals surface area contributed by atoms with Crippen molar-refractivity contribution in [2.75, 3.05) is 27.8 Å². The van der Waals surface area contributed by atoms with Crippen molar-refractivity contribution >= 4 is 29.9 Å². The Morgan fingerprint density at radius 3 is 2.48 bits per heavy atom. The highest BCUT2D eigenvalue weighted by atomic mass is 127. The molecule has 0 saturated carbocycles. The van der Waals surface area contributed by atoms with Crippen LogP contribution in [0.5, 0.6) is 17.2 Å². The Balaban J connectivity index is 0.00000385. The Kier molecular flexibility index (Phi) is 11.3. The molecule has 0 spiro atoms. The van der Waals surface area contributed by atoms with E-state index in [0.29, 0.717) is 13.2 Å². The third-order valence-corrected chi connectivity index (χ3v) is 4.85. The largest absolute Gasteiger partial charge is 0.493 e. The molecule has 1 aromatic heterocycles. The average Bonchev–Trinajstić information content (AvgIpc) is 2.85. The van der Waals surface area contributed by atoms with Crippen molar-refractivity contribution in [1.29, 1.82) is 0 Å². The van der Waals surface area contributed by atoms with E-state index in [4.69, 9.17) is 14.2 Å². The molecule has 7 nitrogen and oxygen atoms in total. The van der Waals surface area contributed by atoms with E-state index < -0.39 is 0 Å². The maximum Gasteiger partial charge on any atom is 0.191 e. The van der Waals surface area contributed by atoms with E-state index in [-0.39, 0.29) is 24.0 Å². The van der Waals surface area contributed by atoms with Gasteiger partial charge in [0.15, 0.2) is 17.5 Å². The van der Waals surface area contributed by atoms with Crippen LogP contribution < -0.4 is 24.8 Å². The molecule has 0 aliphatic heterocycles. The summed E-state index contributed by atoms with van der Waals surface area (Å²) in [5.41, 5.74) is 3.16. The van der Waals surface area contributed by atoms with Gasteiger partial charge in [-0.2, -0.15) is 0 Å². The Hall–Kier alpha value is -3.01. The molecule has 0 aliphatic carbocycles. The van der Waals surface area contributed by atoms with Crippen LogP contribution in [-0.2, 0) is 19.6 Å². The topological polar surface area (TPSA) is 77.0 Å². The van der Waals surface area contributed by atoms with Gasteiger partial charge in [-0.15, -0.1) is 24.0 Å². The minimum Gasteiger partial charge on any atom is -0.493 e. The summed E-state index contributed by atoms with van der Waals surface area (Å²) in [6.45, 7) is 1.82. The van der Waals surface area contributed by atoms with Crippen molar-refractivity contribution in [2.45, 2.75) is 19.6 Å². The number of nitrogens with zero attached hydrogens (tertiary/aromatic N) is 2. The molecule has 0 unspecified atom stereocenters. The molecule has 0 fully saturated rings. The molecule has 2 N–H and O–H groups in total. The molecule has 0 saturated heterocycles. The first-order valence-electron chi connectivity index (χ1n) is 10.5. The molecule has 2 aromatic carbocycles. The van der Waals surface area contributed by atoms with Crippen LogP contribution >= 0.6 is 24.0 Å². The van der Waals surface area contributed by atoms with Gasteiger partial charge in [0.1, 0.15) is 12.4 Å². The van der Waals surface area contributed by atoms with E-state index in [9.17, 15) is 0 Å². The Morgan fingerprint density at radius 1 is 0.909 bits per heavy atom. The highest BCUT2D eigenvalue weighted by Gasteiger charge is 2.05. The van der Waals surface area contributed by atoms with Gasteiger partial charge in [-0.3, -0.25) is 9.98 Å². The summed E-state index contributed by atoms with van der Waals surface area (Å²) in [4.78, 5) is 8.58. The summed E-state index contributed by atoms with van der Waals surface area (Å²) in [7, 11) is 5.04. The number of halogens is 1. The van der Waals surface area contributed by atoms with Crippen LogP contribution in [0.15, 0.2) is 71.9 Å². The predicted octanol–water partition coefficient (Wildman–Crippen LogP) is 4.20. The van der Waals surface area contributed by atoms with Crippen molar-refractivity contribution in [1.82, 2.24) is 15.6 Å². The number of nitrogens with one attached hydrogen (secondary N) is 2. The SMILES string of the molecule is CN=C(NCCc1ccc(OC)c(OC)c1)NCc1cccc(OCc2ccccn2)c1.I. The maximum absolute atomic E-state index is 5.86. The van der Waals surface area contributed by atoms with Crippen molar-refractivity contribution < 1.29 is 14.2 Å². The second kappa shape index (κ2) is 14.2. The molecule has 176 valence electrons. The van der Waals surface area contributed by atoms with Crippen molar-refractivity contribution in [3.63, 3.8) is 0 Å². The highest BCUT2D eigenvalue weighted by Crippen LogP contribution is 2.27. The summed E-state index contributed by atoms with van der Waals surface area (Å²) >= 11 is 0. The van der Waals surface area contributed by atoms with Crippen molar-refractivity contribution in [2.24, 2.45) is 4.99 Å². The number of ether oxygens (including phenoxy) is 3. The van der Waals surface area contributed by atoms with E-state index in [1.165, 1.54) is 0 Å². The molecule has 0 atom stereocenters. The number of aliphatic imine (C=N–C) groups is 1. The summed E-state index contributed by atoms with van der Waals surface area (Å²) < 4.78 is 16.5. The summed E-state index contributed by atoms with van der Waals surface area (Å²) in [5, 5.41) is 6.68. The minimum atomic E-state index is 0. The molecule has 33 heavy (non-hydrogen) atoms. The van der Waals surface area contributed by atoms with E-state index in [1.807, 2.05) is 54.6 Å². The first kappa shape index (κ1) is 26.2. The Bertz CT molecular complexity index is 1020. The zero-order chi connectivity index (χ0) is 22.6. The molecule has 0 aliphatic rings. The number of hydrogen-bond donors (Lipinski definition) is 2. The van der Waals surface area contributed by atoms with Gasteiger partial charge in [0.25, 0.3) is 0 Å². The number of methoxy groups -OCH3 is 2. The van der Waals surface area contributed by atoms with Crippen LogP contribution in [0.25, 0.3) is 0 Å². The van der Waals surface area contributed by atoms with E-state index in [2.05, 4.69) is 26.7 Å². The molecular weight excluding hydrogens is 531 g/mol. The molecule has 1 heterocycles. The number of guanidine groups is 1. The fourth-order valence-corrected chi connectivity index (χ4v) is 3.15. The Morgan fingerprint density at radius 2 is 1.76 bits per heavy atom. The summed E-state index contributed by atoms with van der Waals surface area (Å²) in [6.07, 6.45) is 2.60. The third-order valence-electron chi connectivity index (χ3n) is 4.85. The second-order valence-electron chi connectivity index (χ2n) is 7.05. The number of rotatable bonds is 10. The number of aromatic nitrogens is 1. The van der Waals surface area contributed by atoms with E-state index in [0.717, 1.165) is 53.0 Å². The fraction of sp³-hybridized carbons (Fsp3) is 0.280. The van der Waals surface area contributed by atoms with Crippen LogP contribution in [0.4, 0.5) is 0 Å². The zero-order valence-electron chi connectivity index (χ0n) is 19.2. The lowest BCUT2D eigenvalue weighted by Gasteiger charge is -2.13. The van der Waals surface area contributed by atoms with E-state index >= 15 is 0 Å². The monoisotopic (exact) mass is 562 g/mol.